The summed E-state index contributed by atoms with van der Waals surface area (Å²) in [5.41, 5.74) is 6.54. The standard InChI is InChI=1S/C24H29N3O3/c1-16(29)26-23-14-19-18-7-3-5-9-21(18)27-22(19)15-24(23)30-13-11-25-20-8-4-2-6-17(20)10-12-28/h2,4,6,8,14-15,25,27-28H,3,5,7,9-13H2,1H3,(H,26,29). The maximum absolute atomic E-state index is 11.7. The lowest BCUT2D eigenvalue weighted by Gasteiger charge is -2.15. The fourth-order valence-corrected chi connectivity index (χ4v) is 4.22. The number of ether oxygens (including phenoxy) is 1. The SMILES string of the molecule is CC(=O)Nc1cc2c3c([nH]c2cc1OCCNc1ccccc1CCO)CCCC3. The quantitative estimate of drug-likeness (QED) is 0.425. The summed E-state index contributed by atoms with van der Waals surface area (Å²) in [5, 5.41) is 16.7. The van der Waals surface area contributed by atoms with Crippen LogP contribution in [0.15, 0.2) is 36.4 Å². The number of benzene rings is 2. The van der Waals surface area contributed by atoms with Crippen molar-refractivity contribution in [2.45, 2.75) is 39.0 Å². The average molecular weight is 408 g/mol. The summed E-state index contributed by atoms with van der Waals surface area (Å²) in [4.78, 5) is 15.3. The molecule has 4 rings (SSSR count). The van der Waals surface area contributed by atoms with E-state index in [1.807, 2.05) is 36.4 Å². The number of nitrogens with one attached hydrogen (secondary N) is 3. The lowest BCUT2D eigenvalue weighted by Crippen LogP contribution is -2.14. The van der Waals surface area contributed by atoms with Gasteiger partial charge in [-0.2, -0.15) is 0 Å². The second kappa shape index (κ2) is 9.22. The number of carbonyl (C=O) groups excluding carboxylic acids is 1. The van der Waals surface area contributed by atoms with Gasteiger partial charge in [0.05, 0.1) is 5.69 Å². The summed E-state index contributed by atoms with van der Waals surface area (Å²) in [5.74, 6) is 0.557. The number of rotatable bonds is 8. The average Bonchev–Trinajstić information content (AvgIpc) is 3.09. The molecule has 0 atom stereocenters. The Morgan fingerprint density at radius 3 is 2.83 bits per heavy atom. The van der Waals surface area contributed by atoms with Crippen LogP contribution in [0.25, 0.3) is 10.9 Å². The molecule has 0 saturated carbocycles. The number of para-hydroxylation sites is 1. The van der Waals surface area contributed by atoms with Gasteiger partial charge in [0.15, 0.2) is 0 Å². The van der Waals surface area contributed by atoms with E-state index in [4.69, 9.17) is 4.74 Å². The highest BCUT2D eigenvalue weighted by molar-refractivity contribution is 5.96. The van der Waals surface area contributed by atoms with Crippen molar-refractivity contribution in [2.75, 3.05) is 30.4 Å². The van der Waals surface area contributed by atoms with E-state index in [0.29, 0.717) is 31.0 Å². The highest BCUT2D eigenvalue weighted by atomic mass is 16.5. The summed E-state index contributed by atoms with van der Waals surface area (Å²) in [6, 6.07) is 12.0. The third-order valence-electron chi connectivity index (χ3n) is 5.58. The summed E-state index contributed by atoms with van der Waals surface area (Å²) < 4.78 is 6.05. The number of H-pyrrole nitrogens is 1. The summed E-state index contributed by atoms with van der Waals surface area (Å²) in [6.07, 6.45) is 5.19. The third kappa shape index (κ3) is 4.44. The molecule has 4 N–H and O–H groups in total. The Balaban J connectivity index is 1.49. The molecule has 1 aromatic heterocycles. The second-order valence-electron chi connectivity index (χ2n) is 7.77. The molecule has 0 bridgehead atoms. The summed E-state index contributed by atoms with van der Waals surface area (Å²) in [7, 11) is 0. The van der Waals surface area contributed by atoms with Crippen LogP contribution in [0.4, 0.5) is 11.4 Å². The van der Waals surface area contributed by atoms with Crippen molar-refractivity contribution >= 4 is 28.2 Å². The maximum atomic E-state index is 11.7. The van der Waals surface area contributed by atoms with Crippen molar-refractivity contribution in [3.8, 4) is 5.75 Å². The fourth-order valence-electron chi connectivity index (χ4n) is 4.22. The van der Waals surface area contributed by atoms with E-state index >= 15 is 0 Å². The van der Waals surface area contributed by atoms with Gasteiger partial charge in [0, 0.05) is 48.4 Å². The van der Waals surface area contributed by atoms with Crippen molar-refractivity contribution < 1.29 is 14.6 Å². The van der Waals surface area contributed by atoms with Crippen LogP contribution >= 0.6 is 0 Å². The van der Waals surface area contributed by atoms with Gasteiger partial charge in [-0.1, -0.05) is 18.2 Å². The van der Waals surface area contributed by atoms with Crippen LogP contribution in [0, 0.1) is 0 Å². The number of aromatic amines is 1. The number of hydrogen-bond donors (Lipinski definition) is 4. The second-order valence-corrected chi connectivity index (χ2v) is 7.77. The van der Waals surface area contributed by atoms with Crippen molar-refractivity contribution in [1.29, 1.82) is 0 Å². The molecular weight excluding hydrogens is 378 g/mol. The minimum absolute atomic E-state index is 0.111. The zero-order chi connectivity index (χ0) is 20.9. The fraction of sp³-hybridized carbons (Fsp3) is 0.375. The molecule has 1 heterocycles. The van der Waals surface area contributed by atoms with Crippen LogP contribution in [-0.2, 0) is 24.1 Å². The van der Waals surface area contributed by atoms with Crippen molar-refractivity contribution in [1.82, 2.24) is 4.98 Å². The molecule has 0 fully saturated rings. The van der Waals surface area contributed by atoms with E-state index < -0.39 is 0 Å². The monoisotopic (exact) mass is 407 g/mol. The van der Waals surface area contributed by atoms with Crippen molar-refractivity contribution in [3.05, 3.63) is 53.2 Å². The molecule has 0 unspecified atom stereocenters. The van der Waals surface area contributed by atoms with Crippen LogP contribution in [0.2, 0.25) is 0 Å². The molecule has 1 aliphatic rings. The van der Waals surface area contributed by atoms with Crippen molar-refractivity contribution in [2.24, 2.45) is 0 Å². The molecule has 158 valence electrons. The van der Waals surface area contributed by atoms with Gasteiger partial charge in [0.25, 0.3) is 0 Å². The molecule has 3 aromatic rings. The van der Waals surface area contributed by atoms with Crippen molar-refractivity contribution in [3.63, 3.8) is 0 Å². The number of carbonyl (C=O) groups is 1. The van der Waals surface area contributed by atoms with Gasteiger partial charge in [0.2, 0.25) is 5.91 Å². The first-order chi connectivity index (χ1) is 14.7. The zero-order valence-electron chi connectivity index (χ0n) is 17.4. The number of aliphatic hydroxyl groups excluding tert-OH is 1. The van der Waals surface area contributed by atoms with Gasteiger partial charge in [-0.25, -0.2) is 0 Å². The van der Waals surface area contributed by atoms with E-state index in [-0.39, 0.29) is 12.5 Å². The van der Waals surface area contributed by atoms with E-state index in [0.717, 1.165) is 29.6 Å². The first kappa shape index (κ1) is 20.3. The van der Waals surface area contributed by atoms with Gasteiger partial charge in [-0.05, 0) is 55.4 Å². The lowest BCUT2D eigenvalue weighted by molar-refractivity contribution is -0.114. The summed E-state index contributed by atoms with van der Waals surface area (Å²) in [6.45, 7) is 2.70. The van der Waals surface area contributed by atoms with E-state index in [9.17, 15) is 9.90 Å². The Kier molecular flexibility index (Phi) is 6.23. The number of anilines is 2. The predicted molar refractivity (Wildman–Crippen MR) is 120 cm³/mol. The molecule has 30 heavy (non-hydrogen) atoms. The van der Waals surface area contributed by atoms with Crippen LogP contribution in [0.3, 0.4) is 0 Å². The molecular formula is C24H29N3O3. The number of amides is 1. The Morgan fingerprint density at radius 1 is 1.17 bits per heavy atom. The maximum Gasteiger partial charge on any atom is 0.221 e. The smallest absolute Gasteiger partial charge is 0.221 e. The molecule has 0 radical (unpaired) electrons. The number of aryl methyl sites for hydroxylation is 2. The predicted octanol–water partition coefficient (Wildman–Crippen LogP) is 4.03. The van der Waals surface area contributed by atoms with Crippen LogP contribution in [0.5, 0.6) is 5.75 Å². The zero-order valence-corrected chi connectivity index (χ0v) is 17.4. The first-order valence-electron chi connectivity index (χ1n) is 10.7. The Morgan fingerprint density at radius 2 is 2.00 bits per heavy atom. The number of fused-ring (bicyclic) bond motifs is 3. The minimum atomic E-state index is -0.111. The highest BCUT2D eigenvalue weighted by Gasteiger charge is 2.18. The molecule has 0 saturated heterocycles. The van der Waals surface area contributed by atoms with Gasteiger partial charge in [-0.3, -0.25) is 4.79 Å². The van der Waals surface area contributed by atoms with Gasteiger partial charge in [-0.15, -0.1) is 0 Å². The third-order valence-corrected chi connectivity index (χ3v) is 5.58. The van der Waals surface area contributed by atoms with E-state index in [1.165, 1.54) is 36.4 Å². The molecule has 1 aliphatic carbocycles. The number of hydrogen-bond acceptors (Lipinski definition) is 4. The van der Waals surface area contributed by atoms with E-state index in [2.05, 4.69) is 15.6 Å². The number of aromatic nitrogens is 1. The van der Waals surface area contributed by atoms with Gasteiger partial charge >= 0.3 is 0 Å². The summed E-state index contributed by atoms with van der Waals surface area (Å²) >= 11 is 0. The molecule has 0 aliphatic heterocycles. The molecule has 0 spiro atoms. The van der Waals surface area contributed by atoms with Crippen LogP contribution in [-0.4, -0.2) is 35.8 Å². The Hall–Kier alpha value is -2.99. The van der Waals surface area contributed by atoms with Gasteiger partial charge in [0.1, 0.15) is 12.4 Å². The lowest BCUT2D eigenvalue weighted by atomic mass is 9.95. The first-order valence-corrected chi connectivity index (χ1v) is 10.7. The minimum Gasteiger partial charge on any atom is -0.489 e. The molecule has 6 nitrogen and oxygen atoms in total. The van der Waals surface area contributed by atoms with Gasteiger partial charge < -0.3 is 25.5 Å². The molecule has 6 heteroatoms. The normalized spacial score (nSPS) is 13.1. The molecule has 1 amide bonds. The Bertz CT molecular complexity index is 1040. The largest absolute Gasteiger partial charge is 0.489 e. The van der Waals surface area contributed by atoms with Crippen LogP contribution in [0.1, 0.15) is 36.6 Å². The Labute approximate surface area is 176 Å². The topological polar surface area (TPSA) is 86.4 Å². The highest BCUT2D eigenvalue weighted by Crippen LogP contribution is 2.36. The van der Waals surface area contributed by atoms with E-state index in [1.54, 1.807) is 0 Å². The number of aliphatic hydroxyl groups is 1. The van der Waals surface area contributed by atoms with Crippen LogP contribution < -0.4 is 15.4 Å². The molecule has 2 aromatic carbocycles.